The van der Waals surface area contributed by atoms with Crippen LogP contribution in [0.3, 0.4) is 0 Å². The molecule has 28 heavy (non-hydrogen) atoms. The molecular formula is C22H20N2O4. The number of pyridine rings is 1. The number of hydrogen-bond donors (Lipinski definition) is 2. The molecule has 0 saturated carbocycles. The highest BCUT2D eigenvalue weighted by Crippen LogP contribution is 2.31. The van der Waals surface area contributed by atoms with Crippen molar-refractivity contribution in [3.63, 3.8) is 0 Å². The van der Waals surface area contributed by atoms with E-state index in [0.29, 0.717) is 30.8 Å². The van der Waals surface area contributed by atoms with E-state index in [9.17, 15) is 9.90 Å². The first-order valence-corrected chi connectivity index (χ1v) is 9.11. The van der Waals surface area contributed by atoms with Gasteiger partial charge in [0.25, 0.3) is 5.91 Å². The summed E-state index contributed by atoms with van der Waals surface area (Å²) in [5, 5.41) is 12.4. The van der Waals surface area contributed by atoms with Crippen molar-refractivity contribution in [2.24, 2.45) is 0 Å². The molecule has 6 nitrogen and oxygen atoms in total. The molecule has 0 fully saturated rings. The SMILES string of the molecule is O=C(NCC[C@H]1COc2ccccc2O1)c1ccc(-c2cccc(O)c2)nc1. The van der Waals surface area contributed by atoms with Gasteiger partial charge in [0.15, 0.2) is 11.5 Å². The predicted molar refractivity (Wildman–Crippen MR) is 105 cm³/mol. The summed E-state index contributed by atoms with van der Waals surface area (Å²) in [7, 11) is 0. The van der Waals surface area contributed by atoms with E-state index < -0.39 is 0 Å². The molecule has 0 radical (unpaired) electrons. The van der Waals surface area contributed by atoms with E-state index in [4.69, 9.17) is 9.47 Å². The largest absolute Gasteiger partial charge is 0.508 e. The average Bonchev–Trinajstić information content (AvgIpc) is 2.74. The number of ether oxygens (including phenoxy) is 2. The van der Waals surface area contributed by atoms with Gasteiger partial charge in [0, 0.05) is 24.7 Å². The molecule has 142 valence electrons. The van der Waals surface area contributed by atoms with Gasteiger partial charge in [-0.05, 0) is 36.4 Å². The summed E-state index contributed by atoms with van der Waals surface area (Å²) in [4.78, 5) is 16.6. The van der Waals surface area contributed by atoms with Crippen molar-refractivity contribution in [3.8, 4) is 28.5 Å². The number of fused-ring (bicyclic) bond motifs is 1. The Bertz CT molecular complexity index is 972. The Labute approximate surface area is 162 Å². The van der Waals surface area contributed by atoms with Gasteiger partial charge in [0.2, 0.25) is 0 Å². The Balaban J connectivity index is 1.30. The Hall–Kier alpha value is -3.54. The van der Waals surface area contributed by atoms with Crippen LogP contribution in [0.4, 0.5) is 0 Å². The van der Waals surface area contributed by atoms with Crippen LogP contribution < -0.4 is 14.8 Å². The Kier molecular flexibility index (Phi) is 5.10. The summed E-state index contributed by atoms with van der Waals surface area (Å²) in [6.07, 6.45) is 2.08. The lowest BCUT2D eigenvalue weighted by molar-refractivity contribution is 0.0812. The number of rotatable bonds is 5. The molecule has 2 N–H and O–H groups in total. The maximum atomic E-state index is 12.3. The highest BCUT2D eigenvalue weighted by molar-refractivity contribution is 5.94. The third kappa shape index (κ3) is 4.06. The molecule has 0 spiro atoms. The summed E-state index contributed by atoms with van der Waals surface area (Å²) < 4.78 is 11.6. The number of nitrogens with zero attached hydrogens (tertiary/aromatic N) is 1. The number of aromatic hydroxyl groups is 1. The quantitative estimate of drug-likeness (QED) is 0.713. The molecule has 0 saturated heterocycles. The van der Waals surface area contributed by atoms with Gasteiger partial charge in [-0.15, -0.1) is 0 Å². The zero-order valence-electron chi connectivity index (χ0n) is 15.2. The van der Waals surface area contributed by atoms with Crippen molar-refractivity contribution in [1.29, 1.82) is 0 Å². The van der Waals surface area contributed by atoms with Crippen LogP contribution in [0, 0.1) is 0 Å². The third-order valence-corrected chi connectivity index (χ3v) is 4.49. The number of nitrogens with one attached hydrogen (secondary N) is 1. The second-order valence-electron chi connectivity index (χ2n) is 6.52. The summed E-state index contributed by atoms with van der Waals surface area (Å²) >= 11 is 0. The van der Waals surface area contributed by atoms with E-state index in [1.54, 1.807) is 30.3 Å². The van der Waals surface area contributed by atoms with Crippen molar-refractivity contribution in [2.45, 2.75) is 12.5 Å². The van der Waals surface area contributed by atoms with Gasteiger partial charge in [-0.2, -0.15) is 0 Å². The van der Waals surface area contributed by atoms with Crippen molar-refractivity contribution in [1.82, 2.24) is 10.3 Å². The number of phenols is 1. The molecule has 1 aliphatic heterocycles. The summed E-state index contributed by atoms with van der Waals surface area (Å²) in [5.41, 5.74) is 1.97. The molecule has 1 atom stereocenters. The van der Waals surface area contributed by atoms with Gasteiger partial charge in [0.05, 0.1) is 11.3 Å². The molecule has 0 unspecified atom stereocenters. The number of phenolic OH excluding ortho intramolecular Hbond substituents is 1. The topological polar surface area (TPSA) is 80.7 Å². The Morgan fingerprint density at radius 1 is 1.11 bits per heavy atom. The maximum Gasteiger partial charge on any atom is 0.252 e. The molecular weight excluding hydrogens is 356 g/mol. The average molecular weight is 376 g/mol. The minimum atomic E-state index is -0.188. The van der Waals surface area contributed by atoms with Crippen LogP contribution in [-0.2, 0) is 0 Å². The van der Waals surface area contributed by atoms with Gasteiger partial charge >= 0.3 is 0 Å². The van der Waals surface area contributed by atoms with E-state index in [0.717, 1.165) is 17.1 Å². The molecule has 1 aromatic heterocycles. The van der Waals surface area contributed by atoms with Crippen LogP contribution in [-0.4, -0.2) is 35.3 Å². The lowest BCUT2D eigenvalue weighted by Crippen LogP contribution is -2.34. The van der Waals surface area contributed by atoms with Crippen molar-refractivity contribution >= 4 is 5.91 Å². The maximum absolute atomic E-state index is 12.3. The van der Waals surface area contributed by atoms with Crippen LogP contribution in [0.25, 0.3) is 11.3 Å². The van der Waals surface area contributed by atoms with Crippen molar-refractivity contribution < 1.29 is 19.4 Å². The first-order chi connectivity index (χ1) is 13.7. The zero-order chi connectivity index (χ0) is 19.3. The number of amides is 1. The number of benzene rings is 2. The second kappa shape index (κ2) is 8.00. The third-order valence-electron chi connectivity index (χ3n) is 4.49. The fourth-order valence-electron chi connectivity index (χ4n) is 3.02. The van der Waals surface area contributed by atoms with Gasteiger partial charge in [0.1, 0.15) is 18.5 Å². The minimum absolute atomic E-state index is 0.0959. The molecule has 0 bridgehead atoms. The fourth-order valence-corrected chi connectivity index (χ4v) is 3.02. The van der Waals surface area contributed by atoms with Gasteiger partial charge in [-0.1, -0.05) is 24.3 Å². The second-order valence-corrected chi connectivity index (χ2v) is 6.52. The lowest BCUT2D eigenvalue weighted by Gasteiger charge is -2.26. The number of aromatic nitrogens is 1. The minimum Gasteiger partial charge on any atom is -0.508 e. The predicted octanol–water partition coefficient (Wildman–Crippen LogP) is 3.41. The Morgan fingerprint density at radius 3 is 2.75 bits per heavy atom. The normalized spacial score (nSPS) is 15.1. The zero-order valence-corrected chi connectivity index (χ0v) is 15.2. The lowest BCUT2D eigenvalue weighted by atomic mass is 10.1. The number of carbonyl (C=O) groups is 1. The molecule has 2 heterocycles. The van der Waals surface area contributed by atoms with Gasteiger partial charge < -0.3 is 19.9 Å². The summed E-state index contributed by atoms with van der Waals surface area (Å²) in [6.45, 7) is 0.941. The van der Waals surface area contributed by atoms with Crippen molar-refractivity contribution in [2.75, 3.05) is 13.2 Å². The molecule has 1 aliphatic rings. The van der Waals surface area contributed by atoms with Gasteiger partial charge in [-0.25, -0.2) is 0 Å². The molecule has 3 aromatic rings. The van der Waals surface area contributed by atoms with Crippen molar-refractivity contribution in [3.05, 3.63) is 72.4 Å². The van der Waals surface area contributed by atoms with E-state index in [1.807, 2.05) is 30.3 Å². The number of carbonyl (C=O) groups excluding carboxylic acids is 1. The van der Waals surface area contributed by atoms with Crippen LogP contribution in [0.2, 0.25) is 0 Å². The number of hydrogen-bond acceptors (Lipinski definition) is 5. The van der Waals surface area contributed by atoms with Crippen LogP contribution in [0.1, 0.15) is 16.8 Å². The first kappa shape index (κ1) is 17.9. The van der Waals surface area contributed by atoms with E-state index >= 15 is 0 Å². The highest BCUT2D eigenvalue weighted by atomic mass is 16.6. The monoisotopic (exact) mass is 376 g/mol. The van der Waals surface area contributed by atoms with E-state index in [-0.39, 0.29) is 17.8 Å². The smallest absolute Gasteiger partial charge is 0.252 e. The van der Waals surface area contributed by atoms with Crippen LogP contribution in [0.15, 0.2) is 66.9 Å². The fraction of sp³-hybridized carbons (Fsp3) is 0.182. The molecule has 6 heteroatoms. The summed E-state index contributed by atoms with van der Waals surface area (Å²) in [6, 6.07) is 17.9. The highest BCUT2D eigenvalue weighted by Gasteiger charge is 2.20. The van der Waals surface area contributed by atoms with E-state index in [2.05, 4.69) is 10.3 Å². The molecule has 4 rings (SSSR count). The molecule has 1 amide bonds. The van der Waals surface area contributed by atoms with Gasteiger partial charge in [-0.3, -0.25) is 9.78 Å². The Morgan fingerprint density at radius 2 is 1.96 bits per heavy atom. The summed E-state index contributed by atoms with van der Waals surface area (Å²) in [5.74, 6) is 1.47. The van der Waals surface area contributed by atoms with E-state index in [1.165, 1.54) is 6.20 Å². The van der Waals surface area contributed by atoms with Crippen LogP contribution in [0.5, 0.6) is 17.2 Å². The number of para-hydroxylation sites is 2. The first-order valence-electron chi connectivity index (χ1n) is 9.11. The molecule has 2 aromatic carbocycles. The van der Waals surface area contributed by atoms with Crippen LogP contribution >= 0.6 is 0 Å². The molecule has 0 aliphatic carbocycles. The standard InChI is InChI=1S/C22H20N2O4/c25-17-5-3-4-15(12-17)19-9-8-16(13-24-19)22(26)23-11-10-18-14-27-20-6-1-2-7-21(20)28-18/h1-9,12-13,18,25H,10-11,14H2,(H,23,26)/t18-/m0/s1.